The number of hydrogen-bond acceptors (Lipinski definition) is 7. The normalized spacial score (nSPS) is 10.6. The molecule has 0 aliphatic heterocycles. The van der Waals surface area contributed by atoms with Gasteiger partial charge in [0, 0.05) is 18.8 Å². The smallest absolute Gasteiger partial charge is 0.358 e. The zero-order valence-electron chi connectivity index (χ0n) is 11.7. The summed E-state index contributed by atoms with van der Waals surface area (Å²) in [6.45, 7) is 4.76. The summed E-state index contributed by atoms with van der Waals surface area (Å²) in [4.78, 5) is 18.9. The minimum atomic E-state index is -1.10. The number of aromatic carboxylic acids is 1. The first-order valence-corrected chi connectivity index (χ1v) is 6.41. The molecule has 2 rings (SSSR count). The number of rotatable bonds is 7. The number of nitrogens with zero attached hydrogens (tertiary/aromatic N) is 5. The highest BCUT2D eigenvalue weighted by Gasteiger charge is 2.08. The SMILES string of the molecule is CC(C)Oc1ccnc(NCCn2cc(C(=O)O)nn2)n1. The van der Waals surface area contributed by atoms with Crippen molar-refractivity contribution in [3.8, 4) is 5.88 Å². The number of nitrogens with one attached hydrogen (secondary N) is 1. The minimum Gasteiger partial charge on any atom is -0.476 e. The third-order valence-electron chi connectivity index (χ3n) is 2.37. The predicted molar refractivity (Wildman–Crippen MR) is 73.3 cm³/mol. The van der Waals surface area contributed by atoms with Crippen molar-refractivity contribution >= 4 is 11.9 Å². The van der Waals surface area contributed by atoms with Crippen molar-refractivity contribution in [3.63, 3.8) is 0 Å². The quantitative estimate of drug-likeness (QED) is 0.765. The van der Waals surface area contributed by atoms with E-state index in [0.29, 0.717) is 24.9 Å². The van der Waals surface area contributed by atoms with E-state index in [4.69, 9.17) is 9.84 Å². The Morgan fingerprint density at radius 2 is 2.33 bits per heavy atom. The Morgan fingerprint density at radius 1 is 1.52 bits per heavy atom. The summed E-state index contributed by atoms with van der Waals surface area (Å²) < 4.78 is 6.90. The highest BCUT2D eigenvalue weighted by Crippen LogP contribution is 2.09. The van der Waals surface area contributed by atoms with E-state index < -0.39 is 5.97 Å². The maximum absolute atomic E-state index is 10.7. The fraction of sp³-hybridized carbons (Fsp3) is 0.417. The summed E-state index contributed by atoms with van der Waals surface area (Å²) in [6, 6.07) is 1.68. The molecule has 0 amide bonds. The molecular formula is C12H16N6O3. The summed E-state index contributed by atoms with van der Waals surface area (Å²) in [5, 5.41) is 19.0. The highest BCUT2D eigenvalue weighted by atomic mass is 16.5. The predicted octanol–water partition coefficient (Wildman–Crippen LogP) is 0.666. The first kappa shape index (κ1) is 14.7. The van der Waals surface area contributed by atoms with Crippen LogP contribution in [0, 0.1) is 0 Å². The monoisotopic (exact) mass is 292 g/mol. The van der Waals surface area contributed by atoms with Gasteiger partial charge in [-0.1, -0.05) is 5.21 Å². The van der Waals surface area contributed by atoms with Crippen molar-refractivity contribution in [3.05, 3.63) is 24.2 Å². The molecule has 0 atom stereocenters. The van der Waals surface area contributed by atoms with Gasteiger partial charge in [0.1, 0.15) is 0 Å². The Bertz CT molecular complexity index is 613. The van der Waals surface area contributed by atoms with Gasteiger partial charge < -0.3 is 15.2 Å². The Kier molecular flexibility index (Phi) is 4.64. The molecule has 0 fully saturated rings. The maximum atomic E-state index is 10.7. The Labute approximate surface area is 121 Å². The van der Waals surface area contributed by atoms with Gasteiger partial charge in [-0.2, -0.15) is 4.98 Å². The molecule has 0 bridgehead atoms. The van der Waals surface area contributed by atoms with Gasteiger partial charge in [0.2, 0.25) is 11.8 Å². The molecule has 21 heavy (non-hydrogen) atoms. The second kappa shape index (κ2) is 6.64. The van der Waals surface area contributed by atoms with E-state index in [2.05, 4.69) is 25.6 Å². The van der Waals surface area contributed by atoms with Crippen LogP contribution in [0.2, 0.25) is 0 Å². The van der Waals surface area contributed by atoms with Crippen molar-refractivity contribution < 1.29 is 14.6 Å². The van der Waals surface area contributed by atoms with Crippen LogP contribution in [-0.4, -0.2) is 48.7 Å². The van der Waals surface area contributed by atoms with Crippen LogP contribution in [-0.2, 0) is 6.54 Å². The van der Waals surface area contributed by atoms with E-state index in [9.17, 15) is 4.79 Å². The maximum Gasteiger partial charge on any atom is 0.358 e. The van der Waals surface area contributed by atoms with E-state index in [0.717, 1.165) is 0 Å². The Hall–Kier alpha value is -2.71. The third kappa shape index (κ3) is 4.41. The number of carbonyl (C=O) groups is 1. The summed E-state index contributed by atoms with van der Waals surface area (Å²) in [7, 11) is 0. The van der Waals surface area contributed by atoms with E-state index in [-0.39, 0.29) is 11.8 Å². The van der Waals surface area contributed by atoms with Crippen LogP contribution in [0.4, 0.5) is 5.95 Å². The minimum absolute atomic E-state index is 0.0392. The van der Waals surface area contributed by atoms with E-state index in [1.165, 1.54) is 10.9 Å². The number of aromatic nitrogens is 5. The standard InChI is InChI=1S/C12H16N6O3/c1-8(2)21-10-3-4-13-12(15-10)14-5-6-18-7-9(11(19)20)16-17-18/h3-4,7-8H,5-6H2,1-2H3,(H,19,20)(H,13,14,15). The molecule has 0 saturated carbocycles. The molecule has 0 radical (unpaired) electrons. The van der Waals surface area contributed by atoms with Gasteiger partial charge in [-0.05, 0) is 13.8 Å². The second-order valence-electron chi connectivity index (χ2n) is 4.48. The Morgan fingerprint density at radius 3 is 3.00 bits per heavy atom. The van der Waals surface area contributed by atoms with Crippen LogP contribution in [0.15, 0.2) is 18.5 Å². The highest BCUT2D eigenvalue weighted by molar-refractivity contribution is 5.84. The summed E-state index contributed by atoms with van der Waals surface area (Å²) in [5.74, 6) is -0.167. The lowest BCUT2D eigenvalue weighted by Gasteiger charge is -2.09. The average molecular weight is 292 g/mol. The topological polar surface area (TPSA) is 115 Å². The number of ether oxygens (including phenoxy) is 1. The van der Waals surface area contributed by atoms with E-state index in [1.807, 2.05) is 13.8 Å². The van der Waals surface area contributed by atoms with Crippen molar-refractivity contribution in [1.82, 2.24) is 25.0 Å². The molecule has 0 unspecified atom stereocenters. The van der Waals surface area contributed by atoms with E-state index >= 15 is 0 Å². The molecular weight excluding hydrogens is 276 g/mol. The molecule has 0 spiro atoms. The average Bonchev–Trinajstić information content (AvgIpc) is 2.87. The lowest BCUT2D eigenvalue weighted by molar-refractivity contribution is 0.0690. The van der Waals surface area contributed by atoms with Crippen molar-refractivity contribution in [2.45, 2.75) is 26.5 Å². The second-order valence-corrected chi connectivity index (χ2v) is 4.48. The van der Waals surface area contributed by atoms with Crippen molar-refractivity contribution in [2.24, 2.45) is 0 Å². The van der Waals surface area contributed by atoms with Gasteiger partial charge >= 0.3 is 5.97 Å². The first-order chi connectivity index (χ1) is 10.0. The van der Waals surface area contributed by atoms with Gasteiger partial charge in [0.15, 0.2) is 5.69 Å². The third-order valence-corrected chi connectivity index (χ3v) is 2.37. The van der Waals surface area contributed by atoms with Gasteiger partial charge in [-0.25, -0.2) is 14.5 Å². The molecule has 2 aromatic heterocycles. The van der Waals surface area contributed by atoms with E-state index in [1.54, 1.807) is 12.3 Å². The van der Waals surface area contributed by atoms with Crippen LogP contribution in [0.1, 0.15) is 24.3 Å². The van der Waals surface area contributed by atoms with Gasteiger partial charge in [0.05, 0.1) is 18.8 Å². The van der Waals surface area contributed by atoms with Crippen LogP contribution in [0.5, 0.6) is 5.88 Å². The molecule has 2 aromatic rings. The van der Waals surface area contributed by atoms with Gasteiger partial charge in [0.25, 0.3) is 0 Å². The summed E-state index contributed by atoms with van der Waals surface area (Å²) in [5.41, 5.74) is -0.0846. The fourth-order valence-corrected chi connectivity index (χ4v) is 1.52. The summed E-state index contributed by atoms with van der Waals surface area (Å²) in [6.07, 6.45) is 3.01. The van der Waals surface area contributed by atoms with Gasteiger partial charge in [-0.3, -0.25) is 0 Å². The van der Waals surface area contributed by atoms with Crippen LogP contribution < -0.4 is 10.1 Å². The van der Waals surface area contributed by atoms with Crippen LogP contribution in [0.3, 0.4) is 0 Å². The van der Waals surface area contributed by atoms with Crippen LogP contribution >= 0.6 is 0 Å². The largest absolute Gasteiger partial charge is 0.476 e. The molecule has 9 nitrogen and oxygen atoms in total. The number of anilines is 1. The van der Waals surface area contributed by atoms with Crippen molar-refractivity contribution in [1.29, 1.82) is 0 Å². The number of carboxylic acid groups (broad SMARTS) is 1. The zero-order valence-corrected chi connectivity index (χ0v) is 11.7. The molecule has 0 aliphatic carbocycles. The fourth-order valence-electron chi connectivity index (χ4n) is 1.52. The van der Waals surface area contributed by atoms with Crippen LogP contribution in [0.25, 0.3) is 0 Å². The lowest BCUT2D eigenvalue weighted by Crippen LogP contribution is -2.14. The Balaban J connectivity index is 1.86. The molecule has 0 aliphatic rings. The number of hydrogen-bond donors (Lipinski definition) is 2. The molecule has 112 valence electrons. The van der Waals surface area contributed by atoms with Crippen molar-refractivity contribution in [2.75, 3.05) is 11.9 Å². The molecule has 0 saturated heterocycles. The first-order valence-electron chi connectivity index (χ1n) is 6.41. The molecule has 9 heteroatoms. The lowest BCUT2D eigenvalue weighted by atomic mass is 10.5. The zero-order chi connectivity index (χ0) is 15.2. The summed E-state index contributed by atoms with van der Waals surface area (Å²) >= 11 is 0. The van der Waals surface area contributed by atoms with Gasteiger partial charge in [-0.15, -0.1) is 5.10 Å². The molecule has 0 aromatic carbocycles. The molecule has 2 N–H and O–H groups in total. The molecule has 2 heterocycles. The number of carboxylic acids is 1.